The topological polar surface area (TPSA) is 98.1 Å². The molecule has 0 fully saturated rings. The summed E-state index contributed by atoms with van der Waals surface area (Å²) in [5.74, 6) is -1.44. The molecule has 1 atom stereocenters. The molecule has 1 rings (SSSR count). The quantitative estimate of drug-likeness (QED) is 0.128. The zero-order valence-corrected chi connectivity index (χ0v) is 20.0. The van der Waals surface area contributed by atoms with Crippen LogP contribution in [0, 0.1) is 11.3 Å². The molecule has 0 heterocycles. The SMILES string of the molecule is C=C(C)C(=O)OCC(COCOCCC)OC(=O)/C(C#N)=C/c1ccc(N(CC)CC)cc1. The van der Waals surface area contributed by atoms with Crippen LogP contribution in [-0.4, -0.2) is 57.7 Å². The van der Waals surface area contributed by atoms with Crippen molar-refractivity contribution in [3.8, 4) is 6.07 Å². The van der Waals surface area contributed by atoms with Crippen molar-refractivity contribution < 1.29 is 28.5 Å². The van der Waals surface area contributed by atoms with E-state index in [-0.39, 0.29) is 31.2 Å². The van der Waals surface area contributed by atoms with E-state index >= 15 is 0 Å². The van der Waals surface area contributed by atoms with E-state index in [9.17, 15) is 14.9 Å². The van der Waals surface area contributed by atoms with Crippen LogP contribution in [0.1, 0.15) is 39.7 Å². The number of anilines is 1. The Labute approximate surface area is 196 Å². The molecule has 0 N–H and O–H groups in total. The van der Waals surface area contributed by atoms with E-state index in [4.69, 9.17) is 18.9 Å². The van der Waals surface area contributed by atoms with Crippen LogP contribution in [0.25, 0.3) is 6.08 Å². The summed E-state index contributed by atoms with van der Waals surface area (Å²) in [5.41, 5.74) is 1.79. The molecule has 33 heavy (non-hydrogen) atoms. The van der Waals surface area contributed by atoms with Gasteiger partial charge in [0.15, 0.2) is 6.10 Å². The third-order valence-corrected chi connectivity index (χ3v) is 4.51. The van der Waals surface area contributed by atoms with Crippen LogP contribution < -0.4 is 4.90 Å². The normalized spacial score (nSPS) is 11.9. The Kier molecular flexibility index (Phi) is 13.2. The van der Waals surface area contributed by atoms with E-state index in [0.717, 1.165) is 25.2 Å². The highest BCUT2D eigenvalue weighted by Crippen LogP contribution is 2.17. The van der Waals surface area contributed by atoms with Gasteiger partial charge in [-0.1, -0.05) is 25.6 Å². The van der Waals surface area contributed by atoms with Crippen molar-refractivity contribution in [3.63, 3.8) is 0 Å². The van der Waals surface area contributed by atoms with Crippen LogP contribution in [-0.2, 0) is 28.5 Å². The van der Waals surface area contributed by atoms with Crippen LogP contribution in [0.3, 0.4) is 0 Å². The maximum absolute atomic E-state index is 12.6. The van der Waals surface area contributed by atoms with Crippen molar-refractivity contribution in [1.29, 1.82) is 5.26 Å². The predicted octanol–water partition coefficient (Wildman–Crippen LogP) is 3.87. The summed E-state index contributed by atoms with van der Waals surface area (Å²) in [6.07, 6.45) is 1.38. The summed E-state index contributed by atoms with van der Waals surface area (Å²) in [7, 11) is 0. The first-order valence-electron chi connectivity index (χ1n) is 11.0. The van der Waals surface area contributed by atoms with Crippen LogP contribution in [0.2, 0.25) is 0 Å². The van der Waals surface area contributed by atoms with E-state index in [1.165, 1.54) is 13.0 Å². The Balaban J connectivity index is 2.86. The van der Waals surface area contributed by atoms with E-state index in [1.54, 1.807) is 0 Å². The number of carbonyl (C=O) groups is 2. The van der Waals surface area contributed by atoms with E-state index in [0.29, 0.717) is 12.2 Å². The second-order valence-electron chi connectivity index (χ2n) is 7.24. The molecule has 1 aromatic carbocycles. The summed E-state index contributed by atoms with van der Waals surface area (Å²) in [6.45, 7) is 13.2. The molecule has 0 radical (unpaired) electrons. The van der Waals surface area contributed by atoms with Crippen LogP contribution in [0.4, 0.5) is 5.69 Å². The highest BCUT2D eigenvalue weighted by atomic mass is 16.7. The summed E-state index contributed by atoms with van der Waals surface area (Å²) in [6, 6.07) is 9.40. The number of rotatable bonds is 15. The summed E-state index contributed by atoms with van der Waals surface area (Å²) < 4.78 is 21.1. The van der Waals surface area contributed by atoms with E-state index in [2.05, 4.69) is 25.3 Å². The molecule has 0 amide bonds. The lowest BCUT2D eigenvalue weighted by molar-refractivity contribution is -0.161. The van der Waals surface area contributed by atoms with Crippen molar-refractivity contribution in [2.24, 2.45) is 0 Å². The molecule has 0 saturated carbocycles. The first-order valence-corrected chi connectivity index (χ1v) is 11.0. The molecule has 0 aromatic heterocycles. The molecule has 0 saturated heterocycles. The molecule has 8 heteroatoms. The molecule has 1 aromatic rings. The van der Waals surface area contributed by atoms with Crippen molar-refractivity contribution >= 4 is 23.7 Å². The molecule has 0 aliphatic heterocycles. The lowest BCUT2D eigenvalue weighted by Crippen LogP contribution is -2.30. The second kappa shape index (κ2) is 15.6. The molecule has 8 nitrogen and oxygen atoms in total. The van der Waals surface area contributed by atoms with Gasteiger partial charge in [-0.3, -0.25) is 0 Å². The number of benzene rings is 1. The first kappa shape index (κ1) is 27.9. The molecule has 0 aliphatic carbocycles. The minimum atomic E-state index is -0.909. The monoisotopic (exact) mass is 458 g/mol. The number of esters is 2. The summed E-state index contributed by atoms with van der Waals surface area (Å²) >= 11 is 0. The Morgan fingerprint density at radius 2 is 1.76 bits per heavy atom. The Morgan fingerprint density at radius 1 is 1.09 bits per heavy atom. The molecular weight excluding hydrogens is 424 g/mol. The second-order valence-corrected chi connectivity index (χ2v) is 7.24. The molecule has 0 bridgehead atoms. The highest BCUT2D eigenvalue weighted by molar-refractivity contribution is 5.98. The maximum Gasteiger partial charge on any atom is 0.349 e. The minimum Gasteiger partial charge on any atom is -0.458 e. The van der Waals surface area contributed by atoms with Gasteiger partial charge in [0.1, 0.15) is 25.0 Å². The molecule has 0 spiro atoms. The number of nitriles is 1. The van der Waals surface area contributed by atoms with Crippen LogP contribution in [0.5, 0.6) is 0 Å². The predicted molar refractivity (Wildman–Crippen MR) is 126 cm³/mol. The van der Waals surface area contributed by atoms with Gasteiger partial charge < -0.3 is 23.8 Å². The minimum absolute atomic E-state index is 0.0101. The summed E-state index contributed by atoms with van der Waals surface area (Å²) in [4.78, 5) is 26.5. The van der Waals surface area contributed by atoms with Gasteiger partial charge in [0.25, 0.3) is 0 Å². The van der Waals surface area contributed by atoms with Gasteiger partial charge in [0.05, 0.1) is 6.61 Å². The number of hydrogen-bond donors (Lipinski definition) is 0. The number of carbonyl (C=O) groups excluding carboxylic acids is 2. The average Bonchev–Trinajstić information content (AvgIpc) is 2.81. The van der Waals surface area contributed by atoms with Gasteiger partial charge in [0.2, 0.25) is 0 Å². The first-order chi connectivity index (χ1) is 15.9. The molecule has 1 unspecified atom stereocenters. The van der Waals surface area contributed by atoms with Crippen molar-refractivity contribution in [2.45, 2.75) is 40.2 Å². The highest BCUT2D eigenvalue weighted by Gasteiger charge is 2.21. The average molecular weight is 459 g/mol. The molecular formula is C25H34N2O6. The lowest BCUT2D eigenvalue weighted by atomic mass is 10.1. The third kappa shape index (κ3) is 10.3. The lowest BCUT2D eigenvalue weighted by Gasteiger charge is -2.20. The standard InChI is InChI=1S/C25H34N2O6/c1-6-13-30-18-31-16-23(17-32-24(28)19(4)5)33-25(29)21(15-26)14-20-9-11-22(12-10-20)27(7-2)8-3/h9-12,14,23H,4,6-8,13,16-18H2,1-3,5H3/b21-14+. The van der Waals surface area contributed by atoms with Crippen molar-refractivity contribution in [1.82, 2.24) is 0 Å². The van der Waals surface area contributed by atoms with E-state index in [1.807, 2.05) is 37.3 Å². The fourth-order valence-electron chi connectivity index (χ4n) is 2.74. The van der Waals surface area contributed by atoms with Crippen molar-refractivity contribution in [3.05, 3.63) is 47.6 Å². The van der Waals surface area contributed by atoms with Crippen LogP contribution in [0.15, 0.2) is 42.0 Å². The fraction of sp³-hybridized carbons (Fsp3) is 0.480. The number of hydrogen-bond acceptors (Lipinski definition) is 8. The van der Waals surface area contributed by atoms with Gasteiger partial charge in [-0.2, -0.15) is 5.26 Å². The van der Waals surface area contributed by atoms with Gasteiger partial charge in [-0.15, -0.1) is 0 Å². The van der Waals surface area contributed by atoms with Crippen molar-refractivity contribution in [2.75, 3.05) is 44.6 Å². The summed E-state index contributed by atoms with van der Waals surface area (Å²) in [5, 5.41) is 9.48. The van der Waals surface area contributed by atoms with Gasteiger partial charge >= 0.3 is 11.9 Å². The fourth-order valence-corrected chi connectivity index (χ4v) is 2.74. The van der Waals surface area contributed by atoms with Gasteiger partial charge in [-0.25, -0.2) is 9.59 Å². The third-order valence-electron chi connectivity index (χ3n) is 4.51. The zero-order chi connectivity index (χ0) is 24.6. The largest absolute Gasteiger partial charge is 0.458 e. The Hall–Kier alpha value is -3.15. The maximum atomic E-state index is 12.6. The zero-order valence-electron chi connectivity index (χ0n) is 20.0. The van der Waals surface area contributed by atoms with Crippen LogP contribution >= 0.6 is 0 Å². The van der Waals surface area contributed by atoms with Gasteiger partial charge in [-0.05, 0) is 51.0 Å². The van der Waals surface area contributed by atoms with Gasteiger partial charge in [0, 0.05) is 31.0 Å². The smallest absolute Gasteiger partial charge is 0.349 e. The Morgan fingerprint density at radius 3 is 2.30 bits per heavy atom. The van der Waals surface area contributed by atoms with E-state index < -0.39 is 18.0 Å². The molecule has 0 aliphatic rings. The molecule has 180 valence electrons. The number of ether oxygens (including phenoxy) is 4. The Bertz CT molecular complexity index is 837. The number of nitrogens with zero attached hydrogens (tertiary/aromatic N) is 2.